The third-order valence-corrected chi connectivity index (χ3v) is 3.23. The van der Waals surface area contributed by atoms with Crippen LogP contribution in [0.3, 0.4) is 0 Å². The molecular weight excluding hydrogens is 292 g/mol. The van der Waals surface area contributed by atoms with Gasteiger partial charge >= 0.3 is 5.97 Å². The molecule has 4 atom stereocenters. The number of carboxylic acid groups (broad SMARTS) is 1. The highest BCUT2D eigenvalue weighted by Crippen LogP contribution is 2.09. The fourth-order valence-corrected chi connectivity index (χ4v) is 1.65. The molecule has 9 heteroatoms. The van der Waals surface area contributed by atoms with Crippen molar-refractivity contribution in [2.24, 2.45) is 17.4 Å². The van der Waals surface area contributed by atoms with Crippen LogP contribution in [0, 0.1) is 5.92 Å². The van der Waals surface area contributed by atoms with Crippen molar-refractivity contribution in [3.05, 3.63) is 0 Å². The van der Waals surface area contributed by atoms with Gasteiger partial charge < -0.3 is 27.2 Å². The lowest BCUT2D eigenvalue weighted by Crippen LogP contribution is -2.56. The molecule has 126 valence electrons. The Morgan fingerprint density at radius 2 is 1.64 bits per heavy atom. The fraction of sp³-hybridized carbons (Fsp3) is 0.692. The minimum atomic E-state index is -1.44. The third kappa shape index (κ3) is 6.53. The first-order valence-corrected chi connectivity index (χ1v) is 6.97. The Kier molecular flexibility index (Phi) is 8.10. The Morgan fingerprint density at radius 3 is 2.00 bits per heavy atom. The molecule has 0 aliphatic rings. The molecule has 0 aromatic heterocycles. The Hall–Kier alpha value is -2.16. The molecule has 3 amide bonds. The maximum atomic E-state index is 12.2. The van der Waals surface area contributed by atoms with Gasteiger partial charge in [0.15, 0.2) is 0 Å². The summed E-state index contributed by atoms with van der Waals surface area (Å²) in [5, 5.41) is 13.7. The van der Waals surface area contributed by atoms with Gasteiger partial charge in [0.2, 0.25) is 17.7 Å². The van der Waals surface area contributed by atoms with E-state index in [9.17, 15) is 19.2 Å². The van der Waals surface area contributed by atoms with Crippen LogP contribution in [0.25, 0.3) is 0 Å². The zero-order valence-corrected chi connectivity index (χ0v) is 13.0. The molecule has 7 N–H and O–H groups in total. The molecular formula is C13H24N4O5. The minimum absolute atomic E-state index is 0.245. The van der Waals surface area contributed by atoms with Crippen LogP contribution >= 0.6 is 0 Å². The molecule has 0 radical (unpaired) electrons. The Labute approximate surface area is 128 Å². The van der Waals surface area contributed by atoms with Crippen molar-refractivity contribution in [3.8, 4) is 0 Å². The summed E-state index contributed by atoms with van der Waals surface area (Å²) in [6.45, 7) is 5.02. The number of carbonyl (C=O) groups is 4. The second kappa shape index (κ2) is 8.98. The average Bonchev–Trinajstić information content (AvgIpc) is 2.41. The van der Waals surface area contributed by atoms with E-state index >= 15 is 0 Å². The van der Waals surface area contributed by atoms with Crippen LogP contribution in [0.15, 0.2) is 0 Å². The second-order valence-electron chi connectivity index (χ2n) is 5.23. The lowest BCUT2D eigenvalue weighted by atomic mass is 9.97. The summed E-state index contributed by atoms with van der Waals surface area (Å²) >= 11 is 0. The Bertz CT molecular complexity index is 438. The smallest absolute Gasteiger partial charge is 0.326 e. The van der Waals surface area contributed by atoms with E-state index in [1.54, 1.807) is 6.92 Å². The van der Waals surface area contributed by atoms with Crippen LogP contribution in [0.4, 0.5) is 0 Å². The Balaban J connectivity index is 5.05. The zero-order valence-electron chi connectivity index (χ0n) is 13.0. The molecule has 22 heavy (non-hydrogen) atoms. The predicted molar refractivity (Wildman–Crippen MR) is 78.4 cm³/mol. The van der Waals surface area contributed by atoms with Crippen LogP contribution in [-0.2, 0) is 19.2 Å². The van der Waals surface area contributed by atoms with Gasteiger partial charge in [0, 0.05) is 0 Å². The summed E-state index contributed by atoms with van der Waals surface area (Å²) in [6, 6.07) is -3.19. The van der Waals surface area contributed by atoms with Gasteiger partial charge in [-0.15, -0.1) is 0 Å². The normalized spacial score (nSPS) is 16.0. The summed E-state index contributed by atoms with van der Waals surface area (Å²) in [6.07, 6.45) is 0.0421. The molecule has 0 rings (SSSR count). The average molecular weight is 316 g/mol. The largest absolute Gasteiger partial charge is 0.480 e. The highest BCUT2D eigenvalue weighted by Gasteiger charge is 2.30. The summed E-state index contributed by atoms with van der Waals surface area (Å²) in [7, 11) is 0. The van der Waals surface area contributed by atoms with Crippen LogP contribution < -0.4 is 22.1 Å². The van der Waals surface area contributed by atoms with E-state index in [1.807, 2.05) is 6.92 Å². The van der Waals surface area contributed by atoms with E-state index in [1.165, 1.54) is 6.92 Å². The van der Waals surface area contributed by atoms with Gasteiger partial charge in [0.05, 0.1) is 12.5 Å². The standard InChI is InChI=1S/C13H24N4O5/c1-4-6(2)10(17-11(19)7(3)14)12(20)16-8(13(21)22)5-9(15)18/h6-8,10H,4-5,14H2,1-3H3,(H2,15,18)(H,16,20)(H,17,19)(H,21,22)/t6-,7-,8-,10-/m0/s1. The van der Waals surface area contributed by atoms with Gasteiger partial charge in [0.1, 0.15) is 12.1 Å². The first kappa shape index (κ1) is 19.8. The van der Waals surface area contributed by atoms with Gasteiger partial charge in [-0.25, -0.2) is 4.79 Å². The lowest BCUT2D eigenvalue weighted by Gasteiger charge is -2.25. The molecule has 0 unspecified atom stereocenters. The number of amides is 3. The topological polar surface area (TPSA) is 165 Å². The van der Waals surface area contributed by atoms with Gasteiger partial charge in [0.25, 0.3) is 0 Å². The van der Waals surface area contributed by atoms with Crippen LogP contribution in [0.1, 0.15) is 33.6 Å². The predicted octanol–water partition coefficient (Wildman–Crippen LogP) is -1.69. The van der Waals surface area contributed by atoms with Crippen LogP contribution in [-0.4, -0.2) is 46.9 Å². The molecule has 0 aliphatic carbocycles. The van der Waals surface area contributed by atoms with E-state index in [0.717, 1.165) is 0 Å². The lowest BCUT2D eigenvalue weighted by molar-refractivity contribution is -0.144. The van der Waals surface area contributed by atoms with Gasteiger partial charge in [-0.05, 0) is 12.8 Å². The molecule has 9 nitrogen and oxygen atoms in total. The quantitative estimate of drug-likeness (QED) is 0.340. The molecule has 0 bridgehead atoms. The van der Waals surface area contributed by atoms with Crippen molar-refractivity contribution in [2.75, 3.05) is 0 Å². The maximum absolute atomic E-state index is 12.2. The number of carbonyl (C=O) groups excluding carboxylic acids is 3. The van der Waals surface area contributed by atoms with Crippen molar-refractivity contribution in [1.82, 2.24) is 10.6 Å². The first-order valence-electron chi connectivity index (χ1n) is 6.97. The third-order valence-electron chi connectivity index (χ3n) is 3.23. The van der Waals surface area contributed by atoms with E-state index in [2.05, 4.69) is 10.6 Å². The number of hydrogen-bond donors (Lipinski definition) is 5. The van der Waals surface area contributed by atoms with Crippen LogP contribution in [0.2, 0.25) is 0 Å². The van der Waals surface area contributed by atoms with E-state index < -0.39 is 48.2 Å². The highest BCUT2D eigenvalue weighted by molar-refractivity contribution is 5.93. The monoisotopic (exact) mass is 316 g/mol. The van der Waals surface area contributed by atoms with Crippen molar-refractivity contribution in [3.63, 3.8) is 0 Å². The van der Waals surface area contributed by atoms with Crippen molar-refractivity contribution >= 4 is 23.7 Å². The number of hydrogen-bond acceptors (Lipinski definition) is 5. The molecule has 0 aliphatic heterocycles. The van der Waals surface area contributed by atoms with Crippen molar-refractivity contribution in [1.29, 1.82) is 0 Å². The molecule has 0 fully saturated rings. The van der Waals surface area contributed by atoms with E-state index in [4.69, 9.17) is 16.6 Å². The number of nitrogens with one attached hydrogen (secondary N) is 2. The number of primary amides is 1. The molecule has 0 saturated carbocycles. The fourth-order valence-electron chi connectivity index (χ4n) is 1.65. The zero-order chi connectivity index (χ0) is 17.4. The number of aliphatic carboxylic acids is 1. The number of rotatable bonds is 9. The molecule has 0 aromatic rings. The summed E-state index contributed by atoms with van der Waals surface area (Å²) in [5.41, 5.74) is 10.4. The SMILES string of the molecule is CC[C@H](C)[C@H](NC(=O)[C@H](C)N)C(=O)N[C@@H](CC(N)=O)C(=O)O. The summed E-state index contributed by atoms with van der Waals surface area (Å²) in [4.78, 5) is 45.8. The van der Waals surface area contributed by atoms with E-state index in [0.29, 0.717) is 6.42 Å². The number of nitrogens with two attached hydrogens (primary N) is 2. The Morgan fingerprint density at radius 1 is 1.09 bits per heavy atom. The minimum Gasteiger partial charge on any atom is -0.480 e. The van der Waals surface area contributed by atoms with Gasteiger partial charge in [-0.1, -0.05) is 20.3 Å². The van der Waals surface area contributed by atoms with E-state index in [-0.39, 0.29) is 5.92 Å². The van der Waals surface area contributed by atoms with Crippen LogP contribution in [0.5, 0.6) is 0 Å². The van der Waals surface area contributed by atoms with Gasteiger partial charge in [-0.3, -0.25) is 14.4 Å². The molecule has 0 aromatic carbocycles. The van der Waals surface area contributed by atoms with Crippen molar-refractivity contribution < 1.29 is 24.3 Å². The highest BCUT2D eigenvalue weighted by atomic mass is 16.4. The number of carboxylic acids is 1. The summed E-state index contributed by atoms with van der Waals surface area (Å²) < 4.78 is 0. The maximum Gasteiger partial charge on any atom is 0.326 e. The molecule has 0 heterocycles. The van der Waals surface area contributed by atoms with Crippen molar-refractivity contribution in [2.45, 2.75) is 51.7 Å². The first-order chi connectivity index (χ1) is 10.1. The molecule has 0 spiro atoms. The second-order valence-corrected chi connectivity index (χ2v) is 5.23. The van der Waals surface area contributed by atoms with Gasteiger partial charge in [-0.2, -0.15) is 0 Å². The molecule has 0 saturated heterocycles. The summed E-state index contributed by atoms with van der Waals surface area (Å²) in [5.74, 6) is -3.70.